The van der Waals surface area contributed by atoms with Gasteiger partial charge in [-0.25, -0.2) is 0 Å². The third kappa shape index (κ3) is 2.46. The van der Waals surface area contributed by atoms with E-state index >= 15 is 0 Å². The molecule has 0 atom stereocenters. The van der Waals surface area contributed by atoms with Crippen LogP contribution in [0.25, 0.3) is 10.9 Å². The van der Waals surface area contributed by atoms with Crippen molar-refractivity contribution in [1.29, 1.82) is 0 Å². The Balaban J connectivity index is 2.03. The van der Waals surface area contributed by atoms with Gasteiger partial charge in [-0.3, -0.25) is 4.98 Å². The smallest absolute Gasteiger partial charge is 0.115 e. The molecule has 0 aliphatic carbocycles. The summed E-state index contributed by atoms with van der Waals surface area (Å²) in [5.74, 6) is 0.247. The minimum Gasteiger partial charge on any atom is -0.508 e. The Morgan fingerprint density at radius 3 is 2.58 bits per heavy atom. The zero-order chi connectivity index (χ0) is 13.2. The van der Waals surface area contributed by atoms with Gasteiger partial charge >= 0.3 is 0 Å². The summed E-state index contributed by atoms with van der Waals surface area (Å²) in [6.45, 7) is 0. The largest absolute Gasteiger partial charge is 0.508 e. The summed E-state index contributed by atoms with van der Waals surface area (Å²) in [5.41, 5.74) is 2.70. The van der Waals surface area contributed by atoms with Gasteiger partial charge in [0.15, 0.2) is 0 Å². The summed E-state index contributed by atoms with van der Waals surface area (Å²) in [4.78, 5) is 4.29. The van der Waals surface area contributed by atoms with Gasteiger partial charge in [0.2, 0.25) is 0 Å². The highest BCUT2D eigenvalue weighted by molar-refractivity contribution is 6.31. The predicted molar refractivity (Wildman–Crippen MR) is 78.1 cm³/mol. The van der Waals surface area contributed by atoms with Crippen LogP contribution in [-0.2, 0) is 0 Å². The van der Waals surface area contributed by atoms with Crippen molar-refractivity contribution in [3.63, 3.8) is 0 Å². The third-order valence-corrected chi connectivity index (χ3v) is 3.09. The van der Waals surface area contributed by atoms with Gasteiger partial charge in [0.25, 0.3) is 0 Å². The van der Waals surface area contributed by atoms with Gasteiger partial charge in [-0.1, -0.05) is 11.6 Å². The van der Waals surface area contributed by atoms with Crippen LogP contribution in [0.3, 0.4) is 0 Å². The molecule has 94 valence electrons. The quantitative estimate of drug-likeness (QED) is 0.681. The van der Waals surface area contributed by atoms with E-state index in [2.05, 4.69) is 10.3 Å². The molecular formula is C15H11ClN2O. The number of halogens is 1. The topological polar surface area (TPSA) is 45.1 Å². The zero-order valence-corrected chi connectivity index (χ0v) is 10.7. The molecule has 2 aromatic carbocycles. The maximum atomic E-state index is 9.27. The fourth-order valence-electron chi connectivity index (χ4n) is 1.93. The van der Waals surface area contributed by atoms with Crippen LogP contribution in [0.1, 0.15) is 0 Å². The highest BCUT2D eigenvalue weighted by Gasteiger charge is 2.03. The molecular weight excluding hydrogens is 260 g/mol. The molecule has 1 aromatic heterocycles. The molecule has 0 saturated carbocycles. The number of aromatic hydroxyl groups is 1. The van der Waals surface area contributed by atoms with E-state index in [0.29, 0.717) is 5.02 Å². The van der Waals surface area contributed by atoms with Crippen molar-refractivity contribution < 1.29 is 5.11 Å². The van der Waals surface area contributed by atoms with Crippen molar-refractivity contribution in [3.8, 4) is 5.75 Å². The van der Waals surface area contributed by atoms with Gasteiger partial charge in [0.05, 0.1) is 5.52 Å². The van der Waals surface area contributed by atoms with E-state index in [1.807, 2.05) is 36.4 Å². The summed E-state index contributed by atoms with van der Waals surface area (Å²) in [6.07, 6.45) is 1.74. The zero-order valence-electron chi connectivity index (χ0n) is 9.97. The Morgan fingerprint density at radius 1 is 1.00 bits per heavy atom. The maximum absolute atomic E-state index is 9.27. The van der Waals surface area contributed by atoms with Crippen LogP contribution in [-0.4, -0.2) is 10.1 Å². The van der Waals surface area contributed by atoms with Crippen LogP contribution in [0, 0.1) is 0 Å². The van der Waals surface area contributed by atoms with Gasteiger partial charge in [-0.15, -0.1) is 0 Å². The molecule has 0 aliphatic heterocycles. The van der Waals surface area contributed by atoms with E-state index in [9.17, 15) is 5.11 Å². The maximum Gasteiger partial charge on any atom is 0.115 e. The first-order valence-electron chi connectivity index (χ1n) is 5.83. The number of nitrogens with one attached hydrogen (secondary N) is 1. The minimum absolute atomic E-state index is 0.247. The van der Waals surface area contributed by atoms with Crippen LogP contribution in [0.2, 0.25) is 5.02 Å². The molecule has 4 heteroatoms. The van der Waals surface area contributed by atoms with E-state index in [0.717, 1.165) is 22.3 Å². The number of rotatable bonds is 2. The molecule has 3 nitrogen and oxygen atoms in total. The lowest BCUT2D eigenvalue weighted by atomic mass is 10.2. The van der Waals surface area contributed by atoms with Crippen LogP contribution in [0.4, 0.5) is 11.4 Å². The van der Waals surface area contributed by atoms with Gasteiger partial charge < -0.3 is 10.4 Å². The second-order valence-electron chi connectivity index (χ2n) is 4.19. The average molecular weight is 271 g/mol. The molecule has 3 rings (SSSR count). The number of hydrogen-bond acceptors (Lipinski definition) is 3. The van der Waals surface area contributed by atoms with Crippen LogP contribution < -0.4 is 5.32 Å². The highest BCUT2D eigenvalue weighted by atomic mass is 35.5. The van der Waals surface area contributed by atoms with Gasteiger partial charge in [-0.2, -0.15) is 0 Å². The normalized spacial score (nSPS) is 10.6. The minimum atomic E-state index is 0.247. The molecule has 3 aromatic rings. The second kappa shape index (κ2) is 4.78. The first-order chi connectivity index (χ1) is 9.22. The molecule has 0 fully saturated rings. The number of hydrogen-bond donors (Lipinski definition) is 2. The molecule has 2 N–H and O–H groups in total. The first-order valence-corrected chi connectivity index (χ1v) is 6.20. The molecule has 0 radical (unpaired) electrons. The number of phenolic OH excluding ortho intramolecular Hbond substituents is 1. The van der Waals surface area contributed by atoms with Crippen molar-refractivity contribution in [3.05, 3.63) is 59.8 Å². The van der Waals surface area contributed by atoms with Crippen LogP contribution >= 0.6 is 11.6 Å². The van der Waals surface area contributed by atoms with E-state index in [1.165, 1.54) is 0 Å². The van der Waals surface area contributed by atoms with Crippen LogP contribution in [0.15, 0.2) is 54.7 Å². The van der Waals surface area contributed by atoms with Crippen molar-refractivity contribution in [2.45, 2.75) is 0 Å². The Bertz CT molecular complexity index is 726. The van der Waals surface area contributed by atoms with E-state index in [1.54, 1.807) is 18.3 Å². The SMILES string of the molecule is Oc1ccc(Nc2ccnc3cc(Cl)ccc23)cc1. The fourth-order valence-corrected chi connectivity index (χ4v) is 2.10. The molecule has 0 spiro atoms. The number of anilines is 2. The Morgan fingerprint density at radius 2 is 1.79 bits per heavy atom. The van der Waals surface area contributed by atoms with Gasteiger partial charge in [0.1, 0.15) is 5.75 Å². The summed E-state index contributed by atoms with van der Waals surface area (Å²) >= 11 is 5.96. The fraction of sp³-hybridized carbons (Fsp3) is 0. The number of benzene rings is 2. The van der Waals surface area contributed by atoms with Crippen LogP contribution in [0.5, 0.6) is 5.75 Å². The molecule has 0 saturated heterocycles. The van der Waals surface area contributed by atoms with Crippen molar-refractivity contribution in [2.75, 3.05) is 5.32 Å². The molecule has 0 amide bonds. The molecule has 0 bridgehead atoms. The summed E-state index contributed by atoms with van der Waals surface area (Å²) in [5, 5.41) is 14.2. The molecule has 0 unspecified atom stereocenters. The Kier molecular flexibility index (Phi) is 2.97. The van der Waals surface area contributed by atoms with Crippen molar-refractivity contribution in [2.24, 2.45) is 0 Å². The number of phenols is 1. The predicted octanol–water partition coefficient (Wildman–Crippen LogP) is 4.34. The molecule has 1 heterocycles. The van der Waals surface area contributed by atoms with Crippen molar-refractivity contribution >= 4 is 33.9 Å². The van der Waals surface area contributed by atoms with Crippen molar-refractivity contribution in [1.82, 2.24) is 4.98 Å². The lowest BCUT2D eigenvalue weighted by Crippen LogP contribution is -1.92. The second-order valence-corrected chi connectivity index (χ2v) is 4.63. The van der Waals surface area contributed by atoms with Gasteiger partial charge in [-0.05, 0) is 48.5 Å². The van der Waals surface area contributed by atoms with E-state index in [4.69, 9.17) is 11.6 Å². The summed E-state index contributed by atoms with van der Waals surface area (Å²) in [7, 11) is 0. The van der Waals surface area contributed by atoms with E-state index in [-0.39, 0.29) is 5.75 Å². The summed E-state index contributed by atoms with van der Waals surface area (Å²) < 4.78 is 0. The number of aromatic nitrogens is 1. The lowest BCUT2D eigenvalue weighted by Gasteiger charge is -2.09. The Hall–Kier alpha value is -2.26. The monoisotopic (exact) mass is 270 g/mol. The molecule has 19 heavy (non-hydrogen) atoms. The van der Waals surface area contributed by atoms with E-state index < -0.39 is 0 Å². The summed E-state index contributed by atoms with van der Waals surface area (Å²) in [6, 6.07) is 14.4. The third-order valence-electron chi connectivity index (χ3n) is 2.85. The van der Waals surface area contributed by atoms with Gasteiger partial charge in [0, 0.05) is 28.0 Å². The molecule has 0 aliphatic rings. The average Bonchev–Trinajstić information content (AvgIpc) is 2.41. The standard InChI is InChI=1S/C15H11ClN2O/c16-10-1-6-13-14(7-8-17-15(13)9-10)18-11-2-4-12(19)5-3-11/h1-9,19H,(H,17,18). The number of pyridine rings is 1. The first kappa shape index (κ1) is 11.8. The Labute approximate surface area is 115 Å². The number of nitrogens with zero attached hydrogens (tertiary/aromatic N) is 1. The highest BCUT2D eigenvalue weighted by Crippen LogP contribution is 2.27. The lowest BCUT2D eigenvalue weighted by molar-refractivity contribution is 0.475. The number of fused-ring (bicyclic) bond motifs is 1.